The van der Waals surface area contributed by atoms with Crippen molar-refractivity contribution in [2.45, 2.75) is 0 Å². The third-order valence-electron chi connectivity index (χ3n) is 5.39. The van der Waals surface area contributed by atoms with E-state index in [2.05, 4.69) is 52.3 Å². The third-order valence-corrected chi connectivity index (χ3v) is 6.17. The smallest absolute Gasteiger partial charge is 0.142 e. The van der Waals surface area contributed by atoms with Crippen molar-refractivity contribution >= 4 is 60.2 Å². The van der Waals surface area contributed by atoms with E-state index in [0.29, 0.717) is 5.02 Å². The van der Waals surface area contributed by atoms with Gasteiger partial charge in [-0.1, -0.05) is 51.8 Å². The first-order valence-electron chi connectivity index (χ1n) is 9.56. The van der Waals surface area contributed by atoms with E-state index in [4.69, 9.17) is 20.4 Å². The van der Waals surface area contributed by atoms with E-state index in [1.807, 2.05) is 48.5 Å². The van der Waals surface area contributed by atoms with Gasteiger partial charge < -0.3 is 8.83 Å². The average molecular weight is 474 g/mol. The summed E-state index contributed by atoms with van der Waals surface area (Å²) in [5.41, 5.74) is 3.75. The summed E-state index contributed by atoms with van der Waals surface area (Å²) in [6.07, 6.45) is 0. The predicted molar refractivity (Wildman–Crippen MR) is 127 cm³/mol. The summed E-state index contributed by atoms with van der Waals surface area (Å²) in [5, 5.41) is 5.01. The predicted octanol–water partition coefficient (Wildman–Crippen LogP) is 9.08. The molecule has 0 saturated heterocycles. The molecule has 2 aromatic heterocycles. The molecule has 0 N–H and O–H groups in total. The van der Waals surface area contributed by atoms with Crippen molar-refractivity contribution in [2.24, 2.45) is 0 Å². The van der Waals surface area contributed by atoms with E-state index in [1.54, 1.807) is 0 Å². The second-order valence-electron chi connectivity index (χ2n) is 7.33. The highest BCUT2D eigenvalue weighted by Gasteiger charge is 2.13. The van der Waals surface area contributed by atoms with Crippen LogP contribution in [0.5, 0.6) is 0 Å². The molecule has 0 fully saturated rings. The fourth-order valence-corrected chi connectivity index (χ4v) is 4.26. The van der Waals surface area contributed by atoms with Crippen LogP contribution in [0.15, 0.2) is 98.2 Å². The summed E-state index contributed by atoms with van der Waals surface area (Å²) in [4.78, 5) is 0. The highest BCUT2D eigenvalue weighted by atomic mass is 79.9. The van der Waals surface area contributed by atoms with Gasteiger partial charge in [0.25, 0.3) is 0 Å². The maximum absolute atomic E-state index is 6.29. The quantitative estimate of drug-likeness (QED) is 0.251. The van der Waals surface area contributed by atoms with Crippen LogP contribution in [0.4, 0.5) is 0 Å². The van der Waals surface area contributed by atoms with E-state index in [-0.39, 0.29) is 0 Å². The number of halogens is 2. The Morgan fingerprint density at radius 3 is 2.00 bits per heavy atom. The molecule has 6 aromatic rings. The van der Waals surface area contributed by atoms with E-state index in [1.165, 1.54) is 0 Å². The molecule has 0 spiro atoms. The molecule has 0 radical (unpaired) electrons. The summed E-state index contributed by atoms with van der Waals surface area (Å²) in [6, 6.07) is 28.4. The van der Waals surface area contributed by atoms with Gasteiger partial charge in [0.2, 0.25) is 0 Å². The number of benzene rings is 4. The maximum atomic E-state index is 6.29. The van der Waals surface area contributed by atoms with Crippen LogP contribution in [-0.2, 0) is 0 Å². The number of fused-ring (bicyclic) bond motifs is 4. The summed E-state index contributed by atoms with van der Waals surface area (Å²) in [5.74, 6) is 1.68. The minimum atomic E-state index is 0.711. The van der Waals surface area contributed by atoms with Gasteiger partial charge in [-0.25, -0.2) is 0 Å². The SMILES string of the molecule is Clc1ccc(-c2cc3cc4ccc5cc(-c6ccc(Br)cc6)oc5c4cc3o2)cc1. The zero-order chi connectivity index (χ0) is 20.2. The Labute approximate surface area is 185 Å². The molecule has 0 atom stereocenters. The molecular weight excluding hydrogens is 460 g/mol. The molecule has 4 heteroatoms. The largest absolute Gasteiger partial charge is 0.456 e. The van der Waals surface area contributed by atoms with Gasteiger partial charge in [-0.2, -0.15) is 0 Å². The second kappa shape index (κ2) is 6.76. The first-order chi connectivity index (χ1) is 14.6. The molecule has 6 rings (SSSR count). The van der Waals surface area contributed by atoms with Crippen molar-refractivity contribution in [1.29, 1.82) is 0 Å². The van der Waals surface area contributed by atoms with Crippen LogP contribution in [0, 0.1) is 0 Å². The Hall–Kier alpha value is -3.01. The number of rotatable bonds is 2. The Morgan fingerprint density at radius 2 is 1.23 bits per heavy atom. The van der Waals surface area contributed by atoms with Gasteiger partial charge in [0, 0.05) is 36.8 Å². The van der Waals surface area contributed by atoms with Crippen LogP contribution < -0.4 is 0 Å². The van der Waals surface area contributed by atoms with Crippen molar-refractivity contribution in [3.05, 3.63) is 94.4 Å². The molecule has 0 saturated carbocycles. The van der Waals surface area contributed by atoms with E-state index < -0.39 is 0 Å². The molecule has 2 heterocycles. The average Bonchev–Trinajstić information content (AvgIpc) is 3.37. The van der Waals surface area contributed by atoms with Gasteiger partial charge in [0.1, 0.15) is 22.7 Å². The standard InChI is InChI=1S/C26H14BrClO2/c27-20-7-3-15(4-8-20)24-12-18-2-1-17-11-19-13-23(16-5-9-21(28)10-6-16)29-25(19)14-22(17)26(18)30-24/h1-14H. The van der Waals surface area contributed by atoms with Crippen molar-refractivity contribution in [2.75, 3.05) is 0 Å². The number of hydrogen-bond acceptors (Lipinski definition) is 2. The Balaban J connectivity index is 1.53. The fourth-order valence-electron chi connectivity index (χ4n) is 3.87. The highest BCUT2D eigenvalue weighted by molar-refractivity contribution is 9.10. The van der Waals surface area contributed by atoms with E-state index in [9.17, 15) is 0 Å². The van der Waals surface area contributed by atoms with Gasteiger partial charge >= 0.3 is 0 Å². The first-order valence-corrected chi connectivity index (χ1v) is 10.7. The van der Waals surface area contributed by atoms with Gasteiger partial charge in [0.15, 0.2) is 0 Å². The third kappa shape index (κ3) is 2.94. The van der Waals surface area contributed by atoms with Crippen molar-refractivity contribution in [1.82, 2.24) is 0 Å². The lowest BCUT2D eigenvalue weighted by atomic mass is 10.1. The normalized spacial score (nSPS) is 11.7. The number of hydrogen-bond donors (Lipinski definition) is 0. The summed E-state index contributed by atoms with van der Waals surface area (Å²) in [7, 11) is 0. The van der Waals surface area contributed by atoms with E-state index >= 15 is 0 Å². The zero-order valence-corrected chi connectivity index (χ0v) is 18.0. The van der Waals surface area contributed by atoms with Crippen LogP contribution in [-0.4, -0.2) is 0 Å². The maximum Gasteiger partial charge on any atom is 0.142 e. The number of furan rings is 2. The minimum Gasteiger partial charge on any atom is -0.456 e. The first kappa shape index (κ1) is 17.8. The van der Waals surface area contributed by atoms with Crippen molar-refractivity contribution in [3.63, 3.8) is 0 Å². The van der Waals surface area contributed by atoms with Crippen molar-refractivity contribution in [3.8, 4) is 22.6 Å². The lowest BCUT2D eigenvalue weighted by Gasteiger charge is -1.99. The molecule has 0 aliphatic rings. The van der Waals surface area contributed by atoms with Crippen LogP contribution in [0.1, 0.15) is 0 Å². The molecule has 30 heavy (non-hydrogen) atoms. The molecule has 0 bridgehead atoms. The van der Waals surface area contributed by atoms with Gasteiger partial charge in [-0.15, -0.1) is 0 Å². The van der Waals surface area contributed by atoms with Crippen LogP contribution in [0.3, 0.4) is 0 Å². The fraction of sp³-hybridized carbons (Fsp3) is 0. The van der Waals surface area contributed by atoms with Crippen LogP contribution in [0.25, 0.3) is 55.4 Å². The molecule has 0 aliphatic heterocycles. The summed E-state index contributed by atoms with van der Waals surface area (Å²) < 4.78 is 13.5. The molecular formula is C26H14BrClO2. The van der Waals surface area contributed by atoms with Gasteiger partial charge in [-0.05, 0) is 66.0 Å². The Kier molecular flexibility index (Phi) is 4.02. The molecule has 0 aliphatic carbocycles. The summed E-state index contributed by atoms with van der Waals surface area (Å²) in [6.45, 7) is 0. The lowest BCUT2D eigenvalue weighted by molar-refractivity contribution is 0.629. The Morgan fingerprint density at radius 1 is 0.600 bits per heavy atom. The highest BCUT2D eigenvalue weighted by Crippen LogP contribution is 2.37. The molecule has 0 amide bonds. The molecule has 2 nitrogen and oxygen atoms in total. The van der Waals surface area contributed by atoms with Gasteiger partial charge in [-0.3, -0.25) is 0 Å². The topological polar surface area (TPSA) is 26.3 Å². The molecule has 4 aromatic carbocycles. The van der Waals surface area contributed by atoms with Crippen LogP contribution >= 0.6 is 27.5 Å². The monoisotopic (exact) mass is 472 g/mol. The second-order valence-corrected chi connectivity index (χ2v) is 8.68. The zero-order valence-electron chi connectivity index (χ0n) is 15.7. The van der Waals surface area contributed by atoms with Crippen LogP contribution in [0.2, 0.25) is 5.02 Å². The minimum absolute atomic E-state index is 0.711. The van der Waals surface area contributed by atoms with E-state index in [0.717, 1.165) is 59.8 Å². The Bertz CT molecular complexity index is 1540. The molecule has 144 valence electrons. The molecule has 0 unspecified atom stereocenters. The van der Waals surface area contributed by atoms with Gasteiger partial charge in [0.05, 0.1) is 0 Å². The summed E-state index contributed by atoms with van der Waals surface area (Å²) >= 11 is 9.50. The van der Waals surface area contributed by atoms with Crippen molar-refractivity contribution < 1.29 is 8.83 Å². The lowest BCUT2D eigenvalue weighted by Crippen LogP contribution is -1.74.